The molecule has 0 amide bonds. The van der Waals surface area contributed by atoms with E-state index in [0.717, 1.165) is 6.08 Å². The average Bonchev–Trinajstić information content (AvgIpc) is 2.83. The third kappa shape index (κ3) is 5.09. The van der Waals surface area contributed by atoms with Crippen molar-refractivity contribution in [3.8, 4) is 0 Å². The van der Waals surface area contributed by atoms with E-state index in [0.29, 0.717) is 0 Å². The maximum atomic E-state index is 12.9. The highest BCUT2D eigenvalue weighted by atomic mass is 16.7. The second kappa shape index (κ2) is 11.1. The largest absolute Gasteiger partial charge is 0.394 e. The molecule has 2 saturated heterocycles. The number of ketones is 2. The quantitative estimate of drug-likeness (QED) is 0.127. The molecule has 0 radical (unpaired) electrons. The molecular weight excluding hydrogens is 464 g/mol. The molecule has 0 spiro atoms. The summed E-state index contributed by atoms with van der Waals surface area (Å²) >= 11 is 0. The monoisotopic (exact) mass is 496 g/mol. The minimum absolute atomic E-state index is 0.178. The Morgan fingerprint density at radius 2 is 1.26 bits per heavy atom. The van der Waals surface area contributed by atoms with Crippen LogP contribution >= 0.6 is 0 Å². The van der Waals surface area contributed by atoms with Crippen molar-refractivity contribution in [1.29, 1.82) is 0 Å². The van der Waals surface area contributed by atoms with Crippen molar-refractivity contribution in [2.24, 2.45) is 5.92 Å². The van der Waals surface area contributed by atoms with Gasteiger partial charge in [-0.25, -0.2) is 0 Å². The molecule has 0 aliphatic carbocycles. The van der Waals surface area contributed by atoms with Gasteiger partial charge < -0.3 is 60.5 Å². The fraction of sp³-hybridized carbons (Fsp3) is 0.800. The molecule has 2 rings (SSSR count). The van der Waals surface area contributed by atoms with Crippen LogP contribution in [0.3, 0.4) is 0 Å². The van der Waals surface area contributed by atoms with Crippen molar-refractivity contribution in [2.75, 3.05) is 13.2 Å². The first kappa shape index (κ1) is 28.8. The number of aliphatic hydroxyl groups is 10. The zero-order valence-corrected chi connectivity index (χ0v) is 18.1. The third-order valence-electron chi connectivity index (χ3n) is 6.23. The number of carbonyl (C=O) groups excluding carboxylic acids is 2. The van der Waals surface area contributed by atoms with Crippen LogP contribution in [0.15, 0.2) is 12.7 Å². The molecule has 11 atom stereocenters. The van der Waals surface area contributed by atoms with E-state index in [9.17, 15) is 60.7 Å². The molecule has 1 unspecified atom stereocenters. The number of hydrogen-bond acceptors (Lipinski definition) is 14. The third-order valence-corrected chi connectivity index (χ3v) is 6.23. The van der Waals surface area contributed by atoms with Gasteiger partial charge >= 0.3 is 0 Å². The van der Waals surface area contributed by atoms with Gasteiger partial charge in [0.25, 0.3) is 11.6 Å². The maximum Gasteiger partial charge on any atom is 0.257 e. The molecule has 0 aromatic carbocycles. The molecule has 2 aliphatic heterocycles. The fourth-order valence-electron chi connectivity index (χ4n) is 4.02. The first-order chi connectivity index (χ1) is 15.8. The number of Topliss-reactive ketones (excluding diaryl/α,β-unsaturated/α-hetero) is 2. The number of ether oxygens (including phenoxy) is 2. The Labute approximate surface area is 193 Å². The molecule has 14 nitrogen and oxygen atoms in total. The van der Waals surface area contributed by atoms with Crippen LogP contribution in [0.4, 0.5) is 0 Å². The van der Waals surface area contributed by atoms with E-state index in [4.69, 9.17) is 9.47 Å². The lowest BCUT2D eigenvalue weighted by atomic mass is 9.83. The van der Waals surface area contributed by atoms with Crippen molar-refractivity contribution in [2.45, 2.75) is 79.7 Å². The first-order valence-electron chi connectivity index (χ1n) is 10.6. The van der Waals surface area contributed by atoms with E-state index in [-0.39, 0.29) is 12.8 Å². The maximum absolute atomic E-state index is 12.9. The summed E-state index contributed by atoms with van der Waals surface area (Å²) in [5.74, 6) is -9.54. The van der Waals surface area contributed by atoms with E-state index >= 15 is 0 Å². The van der Waals surface area contributed by atoms with Gasteiger partial charge in [-0.05, 0) is 12.8 Å². The normalized spacial score (nSPS) is 43.8. The molecule has 0 aromatic rings. The summed E-state index contributed by atoms with van der Waals surface area (Å²) in [6.45, 7) is 1.68. The summed E-state index contributed by atoms with van der Waals surface area (Å²) in [5, 5.41) is 99.0. The van der Waals surface area contributed by atoms with Gasteiger partial charge in [0.1, 0.15) is 48.8 Å². The summed E-state index contributed by atoms with van der Waals surface area (Å²) in [4.78, 5) is 25.4. The van der Waals surface area contributed by atoms with Crippen LogP contribution in [0, 0.1) is 5.92 Å². The second-order valence-electron chi connectivity index (χ2n) is 8.44. The van der Waals surface area contributed by atoms with Crippen LogP contribution in [0.1, 0.15) is 19.3 Å². The topological polar surface area (TPSA) is 255 Å². The van der Waals surface area contributed by atoms with E-state index in [2.05, 4.69) is 6.58 Å². The van der Waals surface area contributed by atoms with Gasteiger partial charge in [-0.1, -0.05) is 6.08 Å². The summed E-state index contributed by atoms with van der Waals surface area (Å²) in [6, 6.07) is 0. The Morgan fingerprint density at radius 3 is 1.71 bits per heavy atom. The van der Waals surface area contributed by atoms with Gasteiger partial charge in [-0.3, -0.25) is 9.59 Å². The van der Waals surface area contributed by atoms with Crippen molar-refractivity contribution in [1.82, 2.24) is 0 Å². The highest BCUT2D eigenvalue weighted by molar-refractivity contribution is 5.90. The van der Waals surface area contributed by atoms with Crippen LogP contribution in [0.25, 0.3) is 0 Å². The molecule has 2 fully saturated rings. The van der Waals surface area contributed by atoms with E-state index < -0.39 is 97.5 Å². The molecule has 196 valence electrons. The molecule has 10 N–H and O–H groups in total. The predicted octanol–water partition coefficient (Wildman–Crippen LogP) is -5.58. The summed E-state index contributed by atoms with van der Waals surface area (Å²) < 4.78 is 9.90. The molecule has 0 saturated carbocycles. The predicted molar refractivity (Wildman–Crippen MR) is 107 cm³/mol. The van der Waals surface area contributed by atoms with E-state index in [1.165, 1.54) is 0 Å². The van der Waals surface area contributed by atoms with Gasteiger partial charge in [0.05, 0.1) is 13.2 Å². The number of rotatable bonds is 10. The van der Waals surface area contributed by atoms with E-state index in [1.807, 2.05) is 0 Å². The SMILES string of the molecule is C=CC(CCCC(=O)[C@@]1(O)O[C@H](CO)[C@@H](O)[C@H](O)[C@H]1O)C(=O)[C@@]1(O)O[C@H](CO)[C@@H](O)[C@H](O)[C@H]1O. The van der Waals surface area contributed by atoms with E-state index in [1.54, 1.807) is 0 Å². The Kier molecular flexibility index (Phi) is 9.42. The molecule has 2 aliphatic rings. The Bertz CT molecular complexity index is 743. The fourth-order valence-corrected chi connectivity index (χ4v) is 4.02. The summed E-state index contributed by atoms with van der Waals surface area (Å²) in [7, 11) is 0. The smallest absolute Gasteiger partial charge is 0.257 e. The number of carbonyl (C=O) groups is 2. The first-order valence-corrected chi connectivity index (χ1v) is 10.6. The van der Waals surface area contributed by atoms with Crippen LogP contribution in [0.5, 0.6) is 0 Å². The van der Waals surface area contributed by atoms with Crippen molar-refractivity contribution < 1.29 is 70.1 Å². The van der Waals surface area contributed by atoms with Crippen LogP contribution in [-0.4, -0.2) is 136 Å². The Balaban J connectivity index is 2.07. The van der Waals surface area contributed by atoms with Gasteiger partial charge in [0.15, 0.2) is 5.78 Å². The lowest BCUT2D eigenvalue weighted by Gasteiger charge is -2.45. The lowest BCUT2D eigenvalue weighted by Crippen LogP contribution is -2.69. The van der Waals surface area contributed by atoms with Crippen LogP contribution in [-0.2, 0) is 19.1 Å². The van der Waals surface area contributed by atoms with Crippen molar-refractivity contribution in [3.05, 3.63) is 12.7 Å². The van der Waals surface area contributed by atoms with Gasteiger partial charge in [-0.15, -0.1) is 6.58 Å². The molecule has 14 heteroatoms. The van der Waals surface area contributed by atoms with Crippen LogP contribution < -0.4 is 0 Å². The number of hydrogen-bond donors (Lipinski definition) is 10. The highest BCUT2D eigenvalue weighted by Crippen LogP contribution is 2.34. The molecule has 0 aromatic heterocycles. The second-order valence-corrected chi connectivity index (χ2v) is 8.44. The van der Waals surface area contributed by atoms with Gasteiger partial charge in [-0.2, -0.15) is 0 Å². The van der Waals surface area contributed by atoms with Gasteiger partial charge in [0, 0.05) is 12.3 Å². The minimum Gasteiger partial charge on any atom is -0.394 e. The number of aliphatic hydroxyl groups excluding tert-OH is 8. The lowest BCUT2D eigenvalue weighted by molar-refractivity contribution is -0.332. The molecule has 2 heterocycles. The summed E-state index contributed by atoms with van der Waals surface area (Å²) in [6.07, 6.45) is -15.1. The van der Waals surface area contributed by atoms with Gasteiger partial charge in [0.2, 0.25) is 5.78 Å². The molecule has 34 heavy (non-hydrogen) atoms. The number of allylic oxidation sites excluding steroid dienone is 1. The van der Waals surface area contributed by atoms with Crippen molar-refractivity contribution in [3.63, 3.8) is 0 Å². The average molecular weight is 496 g/mol. The molecular formula is C20H32O14. The Hall–Kier alpha value is -1.40. The zero-order valence-electron chi connectivity index (χ0n) is 18.1. The Morgan fingerprint density at radius 1 is 0.824 bits per heavy atom. The van der Waals surface area contributed by atoms with Crippen molar-refractivity contribution >= 4 is 11.6 Å². The molecule has 0 bridgehead atoms. The zero-order chi connectivity index (χ0) is 26.0. The highest BCUT2D eigenvalue weighted by Gasteiger charge is 2.58. The standard InChI is InChI=1S/C20H32O14/c1-2-8(16(28)20(32)18(30)15(27)13(25)10(7-22)34-20)4-3-5-11(23)19(31)17(29)14(26)12(24)9(6-21)33-19/h2,8-10,12-15,17-18,21-22,24-27,29-32H,1,3-7H2/t8?,9-,10-,12-,13-,14+,15+,17-,18-,19-,20-/m1/s1. The van der Waals surface area contributed by atoms with Crippen LogP contribution in [0.2, 0.25) is 0 Å². The summed E-state index contributed by atoms with van der Waals surface area (Å²) in [5.41, 5.74) is 0. The minimum atomic E-state index is -3.01.